The van der Waals surface area contributed by atoms with Gasteiger partial charge in [-0.3, -0.25) is 9.59 Å². The lowest BCUT2D eigenvalue weighted by Gasteiger charge is -2.38. The van der Waals surface area contributed by atoms with Crippen LogP contribution < -0.4 is 5.32 Å². The molecule has 1 N–H and O–H groups in total. The SMILES string of the molecule is Cc1ccc([C@H]2[C@@H](C(=O)NCc3ccco3)CCC(=O)N2C)cc1. The summed E-state index contributed by atoms with van der Waals surface area (Å²) in [7, 11) is 1.78. The topological polar surface area (TPSA) is 62.6 Å². The summed E-state index contributed by atoms with van der Waals surface area (Å²) < 4.78 is 5.25. The summed E-state index contributed by atoms with van der Waals surface area (Å²) in [6.07, 6.45) is 2.55. The summed E-state index contributed by atoms with van der Waals surface area (Å²) in [5, 5.41) is 2.93. The lowest BCUT2D eigenvalue weighted by Crippen LogP contribution is -2.46. The third kappa shape index (κ3) is 3.35. The normalized spacial score (nSPS) is 20.9. The van der Waals surface area contributed by atoms with Crippen molar-refractivity contribution in [1.29, 1.82) is 0 Å². The van der Waals surface area contributed by atoms with Crippen molar-refractivity contribution in [3.05, 3.63) is 59.5 Å². The van der Waals surface area contributed by atoms with Crippen LogP contribution in [0.3, 0.4) is 0 Å². The molecule has 1 aliphatic rings. The van der Waals surface area contributed by atoms with Crippen molar-refractivity contribution in [2.75, 3.05) is 7.05 Å². The fourth-order valence-corrected chi connectivity index (χ4v) is 3.25. The maximum Gasteiger partial charge on any atom is 0.225 e. The molecule has 1 aromatic heterocycles. The maximum absolute atomic E-state index is 12.7. The number of nitrogens with one attached hydrogen (secondary N) is 1. The van der Waals surface area contributed by atoms with E-state index < -0.39 is 0 Å². The van der Waals surface area contributed by atoms with Gasteiger partial charge >= 0.3 is 0 Å². The number of carbonyl (C=O) groups excluding carboxylic acids is 2. The van der Waals surface area contributed by atoms with Crippen molar-refractivity contribution >= 4 is 11.8 Å². The number of hydrogen-bond acceptors (Lipinski definition) is 3. The lowest BCUT2D eigenvalue weighted by molar-refractivity contribution is -0.141. The number of furan rings is 1. The molecule has 2 aromatic rings. The first kappa shape index (κ1) is 16.3. The van der Waals surface area contributed by atoms with Crippen LogP contribution in [-0.2, 0) is 16.1 Å². The number of nitrogens with zero attached hydrogens (tertiary/aromatic N) is 1. The third-order valence-corrected chi connectivity index (χ3v) is 4.63. The van der Waals surface area contributed by atoms with Gasteiger partial charge in [-0.1, -0.05) is 29.8 Å². The number of amides is 2. The van der Waals surface area contributed by atoms with E-state index in [0.29, 0.717) is 19.4 Å². The lowest BCUT2D eigenvalue weighted by atomic mass is 9.83. The quantitative estimate of drug-likeness (QED) is 0.940. The van der Waals surface area contributed by atoms with Crippen molar-refractivity contribution in [3.8, 4) is 0 Å². The average Bonchev–Trinajstić information content (AvgIpc) is 3.09. The summed E-state index contributed by atoms with van der Waals surface area (Å²) >= 11 is 0. The van der Waals surface area contributed by atoms with E-state index in [2.05, 4.69) is 5.32 Å². The number of aryl methyl sites for hydroxylation is 1. The Balaban J connectivity index is 1.79. The molecule has 0 bridgehead atoms. The van der Waals surface area contributed by atoms with Crippen molar-refractivity contribution in [2.24, 2.45) is 5.92 Å². The minimum atomic E-state index is -0.259. The first-order chi connectivity index (χ1) is 11.6. The Morgan fingerprint density at radius 3 is 2.71 bits per heavy atom. The van der Waals surface area contributed by atoms with Gasteiger partial charge in [0.25, 0.3) is 0 Å². The highest BCUT2D eigenvalue weighted by Crippen LogP contribution is 2.36. The molecular formula is C19H22N2O3. The van der Waals surface area contributed by atoms with E-state index in [1.54, 1.807) is 24.3 Å². The van der Waals surface area contributed by atoms with Crippen LogP contribution in [-0.4, -0.2) is 23.8 Å². The molecule has 0 aliphatic carbocycles. The van der Waals surface area contributed by atoms with Crippen LogP contribution in [0, 0.1) is 12.8 Å². The number of piperidine rings is 1. The minimum absolute atomic E-state index is 0.0451. The third-order valence-electron chi connectivity index (χ3n) is 4.63. The minimum Gasteiger partial charge on any atom is -0.467 e. The van der Waals surface area contributed by atoms with Crippen LogP contribution in [0.5, 0.6) is 0 Å². The fourth-order valence-electron chi connectivity index (χ4n) is 3.25. The molecule has 5 heteroatoms. The molecule has 0 saturated carbocycles. The highest BCUT2D eigenvalue weighted by Gasteiger charge is 2.38. The van der Waals surface area contributed by atoms with Crippen LogP contribution in [0.4, 0.5) is 0 Å². The van der Waals surface area contributed by atoms with Gasteiger partial charge in [0.2, 0.25) is 11.8 Å². The van der Waals surface area contributed by atoms with E-state index >= 15 is 0 Å². The zero-order valence-corrected chi connectivity index (χ0v) is 14.0. The molecule has 1 aromatic carbocycles. The predicted molar refractivity (Wildman–Crippen MR) is 90.0 cm³/mol. The van der Waals surface area contributed by atoms with Gasteiger partial charge in [-0.25, -0.2) is 0 Å². The van der Waals surface area contributed by atoms with Gasteiger partial charge in [0.1, 0.15) is 5.76 Å². The Morgan fingerprint density at radius 2 is 2.04 bits per heavy atom. The molecule has 3 rings (SSSR count). The van der Waals surface area contributed by atoms with Crippen LogP contribution >= 0.6 is 0 Å². The van der Waals surface area contributed by atoms with Gasteiger partial charge in [0.05, 0.1) is 24.8 Å². The van der Waals surface area contributed by atoms with Crippen molar-refractivity contribution in [3.63, 3.8) is 0 Å². The Morgan fingerprint density at radius 1 is 1.29 bits per heavy atom. The van der Waals surface area contributed by atoms with Crippen LogP contribution in [0.1, 0.15) is 35.8 Å². The zero-order valence-electron chi connectivity index (χ0n) is 14.0. The molecule has 126 valence electrons. The molecule has 1 fully saturated rings. The van der Waals surface area contributed by atoms with E-state index in [-0.39, 0.29) is 23.8 Å². The summed E-state index contributed by atoms with van der Waals surface area (Å²) in [6, 6.07) is 11.4. The Bertz CT molecular complexity index is 707. The first-order valence-electron chi connectivity index (χ1n) is 8.18. The fraction of sp³-hybridized carbons (Fsp3) is 0.368. The molecule has 1 aliphatic heterocycles. The maximum atomic E-state index is 12.7. The average molecular weight is 326 g/mol. The highest BCUT2D eigenvalue weighted by molar-refractivity contribution is 5.84. The number of rotatable bonds is 4. The number of benzene rings is 1. The Labute approximate surface area is 141 Å². The monoisotopic (exact) mass is 326 g/mol. The number of hydrogen-bond donors (Lipinski definition) is 1. The molecule has 2 amide bonds. The van der Waals surface area contributed by atoms with E-state index in [0.717, 1.165) is 16.9 Å². The highest BCUT2D eigenvalue weighted by atomic mass is 16.3. The molecule has 0 unspecified atom stereocenters. The van der Waals surface area contributed by atoms with Crippen molar-refractivity contribution in [1.82, 2.24) is 10.2 Å². The Kier molecular flexibility index (Phi) is 4.69. The van der Waals surface area contributed by atoms with Crippen LogP contribution in [0.25, 0.3) is 0 Å². The molecule has 5 nitrogen and oxygen atoms in total. The number of carbonyl (C=O) groups is 2. The largest absolute Gasteiger partial charge is 0.467 e. The summed E-state index contributed by atoms with van der Waals surface area (Å²) in [5.74, 6) is 0.493. The van der Waals surface area contributed by atoms with Crippen LogP contribution in [0.15, 0.2) is 47.1 Å². The number of likely N-dealkylation sites (tertiary alicyclic amines) is 1. The summed E-state index contributed by atoms with van der Waals surface area (Å²) in [5.41, 5.74) is 2.15. The first-order valence-corrected chi connectivity index (χ1v) is 8.18. The van der Waals surface area contributed by atoms with E-state index in [9.17, 15) is 9.59 Å². The molecular weight excluding hydrogens is 304 g/mol. The van der Waals surface area contributed by atoms with Gasteiger partial charge in [-0.15, -0.1) is 0 Å². The summed E-state index contributed by atoms with van der Waals surface area (Å²) in [6.45, 7) is 2.38. The van der Waals surface area contributed by atoms with E-state index in [1.807, 2.05) is 37.3 Å². The van der Waals surface area contributed by atoms with E-state index in [1.165, 1.54) is 0 Å². The molecule has 0 radical (unpaired) electrons. The van der Waals surface area contributed by atoms with E-state index in [4.69, 9.17) is 4.42 Å². The zero-order chi connectivity index (χ0) is 17.1. The van der Waals surface area contributed by atoms with Crippen LogP contribution in [0.2, 0.25) is 0 Å². The summed E-state index contributed by atoms with van der Waals surface area (Å²) in [4.78, 5) is 26.5. The second kappa shape index (κ2) is 6.91. The van der Waals surface area contributed by atoms with Gasteiger partial charge in [-0.05, 0) is 31.0 Å². The predicted octanol–water partition coefficient (Wildman–Crippen LogP) is 2.81. The van der Waals surface area contributed by atoms with Gasteiger partial charge < -0.3 is 14.6 Å². The van der Waals surface area contributed by atoms with Gasteiger partial charge in [0.15, 0.2) is 0 Å². The Hall–Kier alpha value is -2.56. The second-order valence-corrected chi connectivity index (χ2v) is 6.30. The molecule has 24 heavy (non-hydrogen) atoms. The second-order valence-electron chi connectivity index (χ2n) is 6.30. The van der Waals surface area contributed by atoms with Crippen molar-refractivity contribution < 1.29 is 14.0 Å². The van der Waals surface area contributed by atoms with Gasteiger partial charge in [0, 0.05) is 13.5 Å². The standard InChI is InChI=1S/C19H22N2O3/c1-13-5-7-14(8-6-13)18-16(9-10-17(22)21(18)2)19(23)20-12-15-4-3-11-24-15/h3-8,11,16,18H,9-10,12H2,1-2H3,(H,20,23)/t16-,18-/m0/s1. The molecule has 2 atom stereocenters. The molecule has 2 heterocycles. The molecule has 0 spiro atoms. The smallest absolute Gasteiger partial charge is 0.225 e. The van der Waals surface area contributed by atoms with Gasteiger partial charge in [-0.2, -0.15) is 0 Å². The molecule has 1 saturated heterocycles. The van der Waals surface area contributed by atoms with Crippen molar-refractivity contribution in [2.45, 2.75) is 32.4 Å².